The molecule has 0 aromatic heterocycles. The van der Waals surface area contributed by atoms with Crippen molar-refractivity contribution >= 4 is 11.9 Å². The minimum atomic E-state index is -0.877. The van der Waals surface area contributed by atoms with E-state index in [2.05, 4.69) is 0 Å². The second-order valence-electron chi connectivity index (χ2n) is 5.56. The van der Waals surface area contributed by atoms with Crippen molar-refractivity contribution in [2.24, 2.45) is 5.92 Å². The number of hydrogen-bond acceptors (Lipinski definition) is 3. The zero-order valence-electron chi connectivity index (χ0n) is 11.5. The molecule has 0 spiro atoms. The van der Waals surface area contributed by atoms with Gasteiger partial charge in [-0.25, -0.2) is 4.79 Å². The van der Waals surface area contributed by atoms with Crippen LogP contribution in [0.5, 0.6) is 0 Å². The van der Waals surface area contributed by atoms with Crippen molar-refractivity contribution in [1.82, 2.24) is 4.90 Å². The van der Waals surface area contributed by atoms with Gasteiger partial charge in [-0.15, -0.1) is 0 Å². The van der Waals surface area contributed by atoms with Gasteiger partial charge < -0.3 is 14.7 Å². The van der Waals surface area contributed by atoms with Crippen molar-refractivity contribution < 1.29 is 19.4 Å². The Balaban J connectivity index is 2.04. The molecule has 0 bridgehead atoms. The van der Waals surface area contributed by atoms with E-state index in [1.165, 1.54) is 0 Å². The van der Waals surface area contributed by atoms with Crippen LogP contribution in [0, 0.1) is 5.92 Å². The highest BCUT2D eigenvalue weighted by Gasteiger charge is 2.47. The molecule has 1 aliphatic carbocycles. The van der Waals surface area contributed by atoms with Crippen LogP contribution >= 0.6 is 0 Å². The monoisotopic (exact) mass is 269 g/mol. The van der Waals surface area contributed by atoms with Gasteiger partial charge in [-0.2, -0.15) is 0 Å². The number of fused-ring (bicyclic) bond motifs is 1. The van der Waals surface area contributed by atoms with Gasteiger partial charge in [0, 0.05) is 12.6 Å². The highest BCUT2D eigenvalue weighted by molar-refractivity contribution is 5.85. The first-order valence-corrected chi connectivity index (χ1v) is 7.26. The summed E-state index contributed by atoms with van der Waals surface area (Å²) in [5.74, 6) is -0.668. The van der Waals surface area contributed by atoms with Crippen molar-refractivity contribution in [2.45, 2.75) is 57.5 Å². The third-order valence-corrected chi connectivity index (χ3v) is 4.24. The fraction of sp³-hybridized carbons (Fsp3) is 0.857. The maximum absolute atomic E-state index is 12.2. The fourth-order valence-corrected chi connectivity index (χ4v) is 3.42. The molecule has 1 amide bonds. The van der Waals surface area contributed by atoms with Crippen LogP contribution in [-0.2, 0) is 14.3 Å². The van der Waals surface area contributed by atoms with Gasteiger partial charge in [0.05, 0.1) is 0 Å². The summed E-state index contributed by atoms with van der Waals surface area (Å²) in [5, 5.41) is 9.32. The predicted molar refractivity (Wildman–Crippen MR) is 69.7 cm³/mol. The van der Waals surface area contributed by atoms with E-state index >= 15 is 0 Å². The molecule has 0 radical (unpaired) electrons. The Morgan fingerprint density at radius 1 is 1.32 bits per heavy atom. The van der Waals surface area contributed by atoms with Crippen molar-refractivity contribution in [3.63, 3.8) is 0 Å². The summed E-state index contributed by atoms with van der Waals surface area (Å²) in [6.07, 6.45) is 5.71. The zero-order valence-corrected chi connectivity index (χ0v) is 11.5. The molecule has 3 atom stereocenters. The molecule has 2 rings (SSSR count). The van der Waals surface area contributed by atoms with Gasteiger partial charge in [0.2, 0.25) is 5.91 Å². The lowest BCUT2D eigenvalue weighted by molar-refractivity contribution is -0.152. The number of nitrogens with zero attached hydrogens (tertiary/aromatic N) is 1. The maximum Gasteiger partial charge on any atom is 0.326 e. The van der Waals surface area contributed by atoms with Gasteiger partial charge >= 0.3 is 5.97 Å². The molecule has 0 aromatic carbocycles. The van der Waals surface area contributed by atoms with Gasteiger partial charge in [0.25, 0.3) is 0 Å². The number of carbonyl (C=O) groups is 2. The quantitative estimate of drug-likeness (QED) is 0.771. The second-order valence-corrected chi connectivity index (χ2v) is 5.56. The van der Waals surface area contributed by atoms with Crippen LogP contribution in [-0.4, -0.2) is 47.2 Å². The van der Waals surface area contributed by atoms with Gasteiger partial charge in [-0.3, -0.25) is 4.79 Å². The summed E-state index contributed by atoms with van der Waals surface area (Å²) in [7, 11) is 0. The molecule has 1 aliphatic heterocycles. The van der Waals surface area contributed by atoms with Crippen molar-refractivity contribution in [1.29, 1.82) is 0 Å². The molecule has 2 fully saturated rings. The van der Waals surface area contributed by atoms with Crippen LogP contribution in [0.1, 0.15) is 45.4 Å². The van der Waals surface area contributed by atoms with Crippen molar-refractivity contribution in [3.8, 4) is 0 Å². The van der Waals surface area contributed by atoms with E-state index in [0.717, 1.165) is 32.1 Å². The summed E-state index contributed by atoms with van der Waals surface area (Å²) < 4.78 is 5.28. The molecular formula is C14H23NO4. The van der Waals surface area contributed by atoms with Gasteiger partial charge in [0.15, 0.2) is 0 Å². The lowest BCUT2D eigenvalue weighted by Crippen LogP contribution is -2.47. The molecule has 19 heavy (non-hydrogen) atoms. The Morgan fingerprint density at radius 3 is 2.74 bits per heavy atom. The van der Waals surface area contributed by atoms with Crippen LogP contribution in [0.15, 0.2) is 0 Å². The molecule has 1 saturated carbocycles. The van der Waals surface area contributed by atoms with Gasteiger partial charge in [-0.1, -0.05) is 19.8 Å². The Bertz CT molecular complexity index is 344. The SMILES string of the molecule is CCCOCC(=O)N1[C@@H]2CCCC[C@H]2C[C@H]1C(=O)O. The molecule has 1 N–H and O–H groups in total. The highest BCUT2D eigenvalue weighted by atomic mass is 16.5. The predicted octanol–water partition coefficient (Wildman–Crippen LogP) is 1.66. The van der Waals surface area contributed by atoms with E-state index in [1.807, 2.05) is 6.92 Å². The third kappa shape index (κ3) is 3.08. The Hall–Kier alpha value is -1.10. The average Bonchev–Trinajstić information content (AvgIpc) is 2.78. The first-order valence-electron chi connectivity index (χ1n) is 7.26. The van der Waals surface area contributed by atoms with Crippen LogP contribution < -0.4 is 0 Å². The van der Waals surface area contributed by atoms with E-state index < -0.39 is 12.0 Å². The molecule has 5 nitrogen and oxygen atoms in total. The molecule has 1 heterocycles. The standard InChI is InChI=1S/C14H23NO4/c1-2-7-19-9-13(16)15-11-6-4-3-5-10(11)8-12(15)14(17)18/h10-12H,2-9H2,1H3,(H,17,18)/t10-,11+,12-/m0/s1. The van der Waals surface area contributed by atoms with Crippen molar-refractivity contribution in [3.05, 3.63) is 0 Å². The largest absolute Gasteiger partial charge is 0.480 e. The van der Waals surface area contributed by atoms with E-state index in [0.29, 0.717) is 18.9 Å². The van der Waals surface area contributed by atoms with E-state index in [4.69, 9.17) is 4.74 Å². The van der Waals surface area contributed by atoms with Crippen LogP contribution in [0.2, 0.25) is 0 Å². The highest BCUT2D eigenvalue weighted by Crippen LogP contribution is 2.39. The van der Waals surface area contributed by atoms with Gasteiger partial charge in [0.1, 0.15) is 12.6 Å². The van der Waals surface area contributed by atoms with E-state index in [1.54, 1.807) is 4.90 Å². The maximum atomic E-state index is 12.2. The van der Waals surface area contributed by atoms with Crippen molar-refractivity contribution in [2.75, 3.05) is 13.2 Å². The van der Waals surface area contributed by atoms with E-state index in [9.17, 15) is 14.7 Å². The molecular weight excluding hydrogens is 246 g/mol. The summed E-state index contributed by atoms with van der Waals surface area (Å²) in [6, 6.07) is -0.529. The molecule has 1 saturated heterocycles. The zero-order chi connectivity index (χ0) is 13.8. The Morgan fingerprint density at radius 2 is 2.05 bits per heavy atom. The minimum absolute atomic E-state index is 0.0147. The lowest BCUT2D eigenvalue weighted by atomic mass is 9.85. The number of rotatable bonds is 5. The van der Waals surface area contributed by atoms with Crippen LogP contribution in [0.3, 0.4) is 0 Å². The Labute approximate surface area is 113 Å². The summed E-state index contributed by atoms with van der Waals surface area (Å²) >= 11 is 0. The average molecular weight is 269 g/mol. The third-order valence-electron chi connectivity index (χ3n) is 4.24. The number of ether oxygens (including phenoxy) is 1. The number of carboxylic acids is 1. The first kappa shape index (κ1) is 14.3. The van der Waals surface area contributed by atoms with Gasteiger partial charge in [-0.05, 0) is 31.6 Å². The summed E-state index contributed by atoms with van der Waals surface area (Å²) in [6.45, 7) is 2.55. The van der Waals surface area contributed by atoms with Crippen LogP contribution in [0.25, 0.3) is 0 Å². The fourth-order valence-electron chi connectivity index (χ4n) is 3.42. The number of carboxylic acid groups (broad SMARTS) is 1. The molecule has 0 unspecified atom stereocenters. The lowest BCUT2D eigenvalue weighted by Gasteiger charge is -2.32. The summed E-state index contributed by atoms with van der Waals surface area (Å²) in [5.41, 5.74) is 0. The first-order chi connectivity index (χ1) is 9.15. The molecule has 108 valence electrons. The normalized spacial score (nSPS) is 30.2. The smallest absolute Gasteiger partial charge is 0.326 e. The molecule has 2 aliphatic rings. The minimum Gasteiger partial charge on any atom is -0.480 e. The summed E-state index contributed by atoms with van der Waals surface area (Å²) in [4.78, 5) is 25.2. The molecule has 5 heteroatoms. The van der Waals surface area contributed by atoms with E-state index in [-0.39, 0.29) is 18.6 Å². The number of likely N-dealkylation sites (tertiary alicyclic amines) is 1. The topological polar surface area (TPSA) is 66.8 Å². The number of amides is 1. The number of aliphatic carboxylic acids is 1. The second kappa shape index (κ2) is 6.37. The molecule has 0 aromatic rings. The number of hydrogen-bond donors (Lipinski definition) is 1. The number of carbonyl (C=O) groups excluding carboxylic acids is 1. The Kier molecular flexibility index (Phi) is 4.80. The van der Waals surface area contributed by atoms with Crippen LogP contribution in [0.4, 0.5) is 0 Å².